The summed E-state index contributed by atoms with van der Waals surface area (Å²) >= 11 is 12.2. The van der Waals surface area contributed by atoms with Crippen LogP contribution in [-0.4, -0.2) is 46.4 Å². The Kier molecular flexibility index (Phi) is 6.90. The molecule has 5 atom stereocenters. The van der Waals surface area contributed by atoms with Crippen LogP contribution in [0.5, 0.6) is 0 Å². The molecule has 2 aromatic carbocycles. The number of carbonyl (C=O) groups excluding carboxylic acids is 3. The van der Waals surface area contributed by atoms with Gasteiger partial charge in [0.15, 0.2) is 0 Å². The molecule has 1 spiro atoms. The summed E-state index contributed by atoms with van der Waals surface area (Å²) < 4.78 is 21.0. The summed E-state index contributed by atoms with van der Waals surface area (Å²) in [7, 11) is 0. The highest BCUT2D eigenvalue weighted by Crippen LogP contribution is 2.55. The van der Waals surface area contributed by atoms with Gasteiger partial charge >= 0.3 is 0 Å². The maximum Gasteiger partial charge on any atom is 0.246 e. The number of carbonyl (C=O) groups is 3. The molecule has 0 unspecified atom stereocenters. The van der Waals surface area contributed by atoms with Crippen molar-refractivity contribution >= 4 is 46.6 Å². The average Bonchev–Trinajstić information content (AvgIpc) is 3.53. The highest BCUT2D eigenvalue weighted by atomic mass is 35.5. The summed E-state index contributed by atoms with van der Waals surface area (Å²) in [5.41, 5.74) is -0.663. The molecular weight excluding hydrogens is 544 g/mol. The molecule has 4 aliphatic rings. The van der Waals surface area contributed by atoms with Crippen LogP contribution in [0.2, 0.25) is 10.0 Å². The van der Waals surface area contributed by atoms with Crippen molar-refractivity contribution in [3.63, 3.8) is 0 Å². The van der Waals surface area contributed by atoms with Crippen LogP contribution in [0.25, 0.3) is 0 Å². The maximum atomic E-state index is 14.7. The summed E-state index contributed by atoms with van der Waals surface area (Å²) in [4.78, 5) is 42.9. The zero-order valence-corrected chi connectivity index (χ0v) is 22.6. The summed E-state index contributed by atoms with van der Waals surface area (Å²) in [6.45, 7) is -0.118. The Morgan fingerprint density at radius 3 is 2.49 bits per heavy atom. The number of amides is 3. The lowest BCUT2D eigenvalue weighted by atomic mass is 9.74. The molecule has 6 rings (SSSR count). The van der Waals surface area contributed by atoms with E-state index in [9.17, 15) is 18.8 Å². The smallest absolute Gasteiger partial charge is 0.246 e. The van der Waals surface area contributed by atoms with Gasteiger partial charge < -0.3 is 20.3 Å². The fourth-order valence-corrected chi connectivity index (χ4v) is 7.15. The third-order valence-corrected chi connectivity index (χ3v) is 8.74. The number of ether oxygens (including phenoxy) is 1. The Balaban J connectivity index is 1.34. The van der Waals surface area contributed by atoms with Crippen LogP contribution in [0, 0.1) is 17.7 Å². The third kappa shape index (κ3) is 4.62. The molecule has 204 valence electrons. The normalized spacial score (nSPS) is 29.5. The van der Waals surface area contributed by atoms with Crippen molar-refractivity contribution in [1.82, 2.24) is 10.2 Å². The average molecular weight is 572 g/mol. The fraction of sp³-hybridized carbons (Fsp3) is 0.414. The summed E-state index contributed by atoms with van der Waals surface area (Å²) in [6.07, 6.45) is 7.70. The number of nitrogens with zero attached hydrogens (tertiary/aromatic N) is 1. The molecular formula is C29H28Cl2FN3O4. The molecule has 1 aliphatic carbocycles. The lowest BCUT2D eigenvalue weighted by Crippen LogP contribution is -2.56. The van der Waals surface area contributed by atoms with Crippen LogP contribution < -0.4 is 10.6 Å². The number of rotatable bonds is 6. The Labute approximate surface area is 235 Å². The van der Waals surface area contributed by atoms with Crippen molar-refractivity contribution in [3.8, 4) is 0 Å². The molecule has 0 aromatic heterocycles. The van der Waals surface area contributed by atoms with Crippen molar-refractivity contribution in [3.05, 3.63) is 76.0 Å². The highest BCUT2D eigenvalue weighted by Gasteiger charge is 2.72. The molecule has 3 heterocycles. The van der Waals surface area contributed by atoms with E-state index in [0.29, 0.717) is 15.7 Å². The molecule has 1 saturated carbocycles. The van der Waals surface area contributed by atoms with Gasteiger partial charge in [-0.25, -0.2) is 4.39 Å². The summed E-state index contributed by atoms with van der Waals surface area (Å²) in [6, 6.07) is 9.79. The molecule has 7 nitrogen and oxygen atoms in total. The van der Waals surface area contributed by atoms with Gasteiger partial charge in [-0.15, -0.1) is 0 Å². The van der Waals surface area contributed by atoms with E-state index >= 15 is 0 Å². The third-order valence-electron chi connectivity index (χ3n) is 8.31. The van der Waals surface area contributed by atoms with Crippen LogP contribution in [0.15, 0.2) is 54.6 Å². The van der Waals surface area contributed by atoms with Crippen molar-refractivity contribution in [2.24, 2.45) is 11.8 Å². The Bertz CT molecular complexity index is 1340. The zero-order chi connectivity index (χ0) is 27.3. The number of benzene rings is 2. The van der Waals surface area contributed by atoms with Crippen LogP contribution in [0.4, 0.5) is 10.1 Å². The quantitative estimate of drug-likeness (QED) is 0.484. The van der Waals surface area contributed by atoms with Crippen LogP contribution in [0.3, 0.4) is 0 Å². The first kappa shape index (κ1) is 26.3. The molecule has 2 aromatic rings. The molecule has 2 N–H and O–H groups in total. The SMILES string of the molecule is O=C(Nc1cc(Cl)cc(Cl)c1)[C@@H]1[C@@H]2C=C[C@]3(O2)[C@@H]1C(=O)N(Cc1ccccc1F)[C@H]3C(=O)NC1CCCCC1. The second kappa shape index (κ2) is 10.2. The van der Waals surface area contributed by atoms with Crippen molar-refractivity contribution < 1.29 is 23.5 Å². The van der Waals surface area contributed by atoms with Gasteiger partial charge in [0, 0.05) is 33.9 Å². The molecule has 3 fully saturated rings. The van der Waals surface area contributed by atoms with Gasteiger partial charge in [0.2, 0.25) is 17.7 Å². The fourth-order valence-electron chi connectivity index (χ4n) is 6.63. The first-order chi connectivity index (χ1) is 18.8. The van der Waals surface area contributed by atoms with E-state index in [1.54, 1.807) is 48.6 Å². The number of hydrogen-bond acceptors (Lipinski definition) is 4. The van der Waals surface area contributed by atoms with Crippen molar-refractivity contribution in [2.75, 3.05) is 5.32 Å². The predicted molar refractivity (Wildman–Crippen MR) is 145 cm³/mol. The molecule has 0 radical (unpaired) electrons. The minimum atomic E-state index is -1.33. The van der Waals surface area contributed by atoms with Crippen molar-refractivity contribution in [1.29, 1.82) is 0 Å². The zero-order valence-electron chi connectivity index (χ0n) is 21.0. The van der Waals surface area contributed by atoms with E-state index in [1.165, 1.54) is 11.0 Å². The number of likely N-dealkylation sites (tertiary alicyclic amines) is 1. The van der Waals surface area contributed by atoms with Gasteiger partial charge in [0.05, 0.1) is 17.9 Å². The second-order valence-electron chi connectivity index (χ2n) is 10.7. The lowest BCUT2D eigenvalue weighted by Gasteiger charge is -2.34. The first-order valence-electron chi connectivity index (χ1n) is 13.3. The molecule has 2 saturated heterocycles. The number of anilines is 1. The standard InChI is InChI=1S/C29H28Cl2FN3O4/c30-17-12-18(31)14-20(13-17)34-26(36)23-22-10-11-29(39-22)24(23)28(38)35(15-16-6-4-5-9-21(16)32)25(29)27(37)33-19-7-2-1-3-8-19/h4-6,9-14,19,22-25H,1-3,7-8,15H2,(H,33,37)(H,34,36)/t22-,23+,24-,25-,29-/m0/s1. The molecule has 3 aliphatic heterocycles. The Morgan fingerprint density at radius 1 is 1.05 bits per heavy atom. The van der Waals surface area contributed by atoms with E-state index in [2.05, 4.69) is 10.6 Å². The largest absolute Gasteiger partial charge is 0.359 e. The number of halogens is 3. The summed E-state index contributed by atoms with van der Waals surface area (Å²) in [5.74, 6) is -3.52. The van der Waals surface area contributed by atoms with Crippen LogP contribution in [0.1, 0.15) is 37.7 Å². The van der Waals surface area contributed by atoms with Gasteiger partial charge in [-0.1, -0.05) is 72.8 Å². The highest BCUT2D eigenvalue weighted by molar-refractivity contribution is 6.35. The number of hydrogen-bond donors (Lipinski definition) is 2. The first-order valence-corrected chi connectivity index (χ1v) is 14.0. The van der Waals surface area contributed by atoms with Crippen LogP contribution >= 0.6 is 23.2 Å². The van der Waals surface area contributed by atoms with Gasteiger partial charge in [-0.2, -0.15) is 0 Å². The topological polar surface area (TPSA) is 87.7 Å². The Morgan fingerprint density at radius 2 is 1.77 bits per heavy atom. The lowest BCUT2D eigenvalue weighted by molar-refractivity contribution is -0.142. The maximum absolute atomic E-state index is 14.7. The monoisotopic (exact) mass is 571 g/mol. The predicted octanol–water partition coefficient (Wildman–Crippen LogP) is 4.87. The number of fused-ring (bicyclic) bond motifs is 1. The molecule has 2 bridgehead atoms. The van der Waals surface area contributed by atoms with E-state index in [1.807, 2.05) is 0 Å². The molecule has 3 amide bonds. The molecule has 10 heteroatoms. The van der Waals surface area contributed by atoms with E-state index in [-0.39, 0.29) is 24.1 Å². The molecule has 39 heavy (non-hydrogen) atoms. The van der Waals surface area contributed by atoms with Gasteiger partial charge in [-0.3, -0.25) is 14.4 Å². The number of nitrogens with one attached hydrogen (secondary N) is 2. The Hall–Kier alpha value is -2.94. The van der Waals surface area contributed by atoms with Crippen molar-refractivity contribution in [2.45, 2.75) is 62.4 Å². The van der Waals surface area contributed by atoms with E-state index in [4.69, 9.17) is 27.9 Å². The van der Waals surface area contributed by atoms with Gasteiger partial charge in [0.1, 0.15) is 17.5 Å². The summed E-state index contributed by atoms with van der Waals surface area (Å²) in [5, 5.41) is 6.64. The van der Waals surface area contributed by atoms with Crippen LogP contribution in [-0.2, 0) is 25.7 Å². The van der Waals surface area contributed by atoms with E-state index in [0.717, 1.165) is 32.1 Å². The minimum Gasteiger partial charge on any atom is -0.359 e. The van der Waals surface area contributed by atoms with Gasteiger partial charge in [0.25, 0.3) is 0 Å². The van der Waals surface area contributed by atoms with E-state index < -0.39 is 47.2 Å². The second-order valence-corrected chi connectivity index (χ2v) is 11.6. The minimum absolute atomic E-state index is 0.00127. The van der Waals surface area contributed by atoms with Gasteiger partial charge in [-0.05, 0) is 37.1 Å².